The Hall–Kier alpha value is -2.78. The summed E-state index contributed by atoms with van der Waals surface area (Å²) in [6.45, 7) is 0.495. The highest BCUT2D eigenvalue weighted by Crippen LogP contribution is 2.36. The zero-order valence-electron chi connectivity index (χ0n) is 14.0. The predicted octanol–water partition coefficient (Wildman–Crippen LogP) is 2.94. The third-order valence-electron chi connectivity index (χ3n) is 3.97. The number of hydrogen-bond donors (Lipinski definition) is 1. The minimum atomic E-state index is -0.368. The molecule has 9 heteroatoms. The van der Waals surface area contributed by atoms with Gasteiger partial charge >= 0.3 is 0 Å². The summed E-state index contributed by atoms with van der Waals surface area (Å²) >= 11 is 2.31. The Balaban J connectivity index is 1.39. The Morgan fingerprint density at radius 3 is 2.89 bits per heavy atom. The average Bonchev–Trinajstić information content (AvgIpc) is 3.38. The largest absolute Gasteiger partial charge is 0.454 e. The van der Waals surface area contributed by atoms with Crippen LogP contribution in [0.15, 0.2) is 39.9 Å². The third-order valence-corrected chi connectivity index (χ3v) is 5.56. The lowest BCUT2D eigenvalue weighted by molar-refractivity contribution is -0.122. The van der Waals surface area contributed by atoms with E-state index in [0.717, 1.165) is 22.2 Å². The fourth-order valence-electron chi connectivity index (χ4n) is 2.62. The van der Waals surface area contributed by atoms with E-state index in [-0.39, 0.29) is 36.9 Å². The van der Waals surface area contributed by atoms with Crippen molar-refractivity contribution in [2.75, 3.05) is 19.9 Å². The first-order valence-electron chi connectivity index (χ1n) is 8.07. The zero-order chi connectivity index (χ0) is 18.8. The summed E-state index contributed by atoms with van der Waals surface area (Å²) in [4.78, 5) is 38.0. The normalized spacial score (nSPS) is 17.0. The number of carbonyl (C=O) groups is 3. The van der Waals surface area contributed by atoms with Crippen molar-refractivity contribution in [2.45, 2.75) is 0 Å². The highest BCUT2D eigenvalue weighted by molar-refractivity contribution is 8.18. The van der Waals surface area contributed by atoms with Gasteiger partial charge in [-0.25, -0.2) is 0 Å². The number of carbonyl (C=O) groups excluding carboxylic acids is 3. The van der Waals surface area contributed by atoms with Gasteiger partial charge in [-0.3, -0.25) is 19.3 Å². The molecule has 2 aromatic rings. The van der Waals surface area contributed by atoms with Crippen LogP contribution in [-0.2, 0) is 4.79 Å². The van der Waals surface area contributed by atoms with Gasteiger partial charge in [0.1, 0.15) is 0 Å². The summed E-state index contributed by atoms with van der Waals surface area (Å²) in [5.74, 6) is 0.673. The summed E-state index contributed by atoms with van der Waals surface area (Å²) in [6.07, 6.45) is 1.65. The zero-order valence-corrected chi connectivity index (χ0v) is 15.6. The molecule has 1 N–H and O–H groups in total. The van der Waals surface area contributed by atoms with E-state index in [1.165, 1.54) is 11.3 Å². The van der Waals surface area contributed by atoms with Gasteiger partial charge < -0.3 is 14.8 Å². The number of ether oxygens (including phenoxy) is 2. The van der Waals surface area contributed by atoms with Gasteiger partial charge in [0.25, 0.3) is 17.1 Å². The Kier molecular flexibility index (Phi) is 4.87. The van der Waals surface area contributed by atoms with Crippen LogP contribution in [0, 0.1) is 0 Å². The molecule has 0 spiro atoms. The molecule has 1 fully saturated rings. The summed E-state index contributed by atoms with van der Waals surface area (Å²) in [6, 6.07) is 7.03. The molecule has 0 radical (unpaired) electrons. The maximum absolute atomic E-state index is 12.5. The molecular formula is C18H14N2O5S2. The Morgan fingerprint density at radius 1 is 1.22 bits per heavy atom. The molecule has 3 amide bonds. The van der Waals surface area contributed by atoms with Crippen LogP contribution in [0.4, 0.5) is 4.79 Å². The lowest BCUT2D eigenvalue weighted by Crippen LogP contribution is -2.37. The summed E-state index contributed by atoms with van der Waals surface area (Å²) in [7, 11) is 0. The van der Waals surface area contributed by atoms with Gasteiger partial charge in [0.15, 0.2) is 11.5 Å². The van der Waals surface area contributed by atoms with Crippen LogP contribution in [0.3, 0.4) is 0 Å². The molecule has 2 aliphatic rings. The Labute approximate surface area is 162 Å². The third kappa shape index (κ3) is 3.69. The smallest absolute Gasteiger partial charge is 0.293 e. The number of thioether (sulfide) groups is 1. The molecule has 1 aromatic carbocycles. The van der Waals surface area contributed by atoms with E-state index in [1.54, 1.807) is 35.7 Å². The molecule has 2 aliphatic heterocycles. The van der Waals surface area contributed by atoms with Crippen LogP contribution in [0.5, 0.6) is 11.5 Å². The number of nitrogens with zero attached hydrogens (tertiary/aromatic N) is 1. The van der Waals surface area contributed by atoms with Crippen LogP contribution >= 0.6 is 23.1 Å². The average molecular weight is 402 g/mol. The Morgan fingerprint density at radius 2 is 2.07 bits per heavy atom. The number of thiophene rings is 1. The van der Waals surface area contributed by atoms with E-state index < -0.39 is 0 Å². The quantitative estimate of drug-likeness (QED) is 0.774. The predicted molar refractivity (Wildman–Crippen MR) is 102 cm³/mol. The van der Waals surface area contributed by atoms with E-state index in [4.69, 9.17) is 9.47 Å². The van der Waals surface area contributed by atoms with Gasteiger partial charge in [-0.15, -0.1) is 0 Å². The van der Waals surface area contributed by atoms with Crippen LogP contribution in [0.25, 0.3) is 6.08 Å². The highest BCUT2D eigenvalue weighted by atomic mass is 32.2. The molecule has 0 unspecified atom stereocenters. The van der Waals surface area contributed by atoms with Gasteiger partial charge in [0, 0.05) is 24.0 Å². The fraction of sp³-hybridized carbons (Fsp3) is 0.167. The topological polar surface area (TPSA) is 84.9 Å². The van der Waals surface area contributed by atoms with E-state index in [0.29, 0.717) is 22.0 Å². The first-order chi connectivity index (χ1) is 13.1. The highest BCUT2D eigenvalue weighted by Gasteiger charge is 2.34. The lowest BCUT2D eigenvalue weighted by Gasteiger charge is -2.12. The molecule has 0 aliphatic carbocycles. The maximum atomic E-state index is 12.5. The van der Waals surface area contributed by atoms with Crippen molar-refractivity contribution in [1.29, 1.82) is 0 Å². The number of amides is 3. The Bertz CT molecular complexity index is 939. The summed E-state index contributed by atoms with van der Waals surface area (Å²) in [5, 5.41) is 5.91. The van der Waals surface area contributed by atoms with Gasteiger partial charge in [-0.05, 0) is 47.0 Å². The second-order valence-corrected chi connectivity index (χ2v) is 7.49. The van der Waals surface area contributed by atoms with Gasteiger partial charge in [0.05, 0.1) is 4.91 Å². The van der Waals surface area contributed by atoms with Gasteiger partial charge in [-0.2, -0.15) is 11.3 Å². The van der Waals surface area contributed by atoms with Crippen molar-refractivity contribution >= 4 is 46.2 Å². The molecule has 138 valence electrons. The molecule has 3 heterocycles. The minimum Gasteiger partial charge on any atom is -0.454 e. The van der Waals surface area contributed by atoms with Crippen molar-refractivity contribution in [2.24, 2.45) is 0 Å². The standard InChI is InChI=1S/C18H14N2O5S2/c21-16(12-3-6-26-9-12)19-4-5-20-17(22)15(27-18(20)23)8-11-1-2-13-14(7-11)25-10-24-13/h1-3,6-9H,4-5,10H2,(H,19,21)/b15-8-. The van der Waals surface area contributed by atoms with Crippen molar-refractivity contribution in [3.63, 3.8) is 0 Å². The molecule has 27 heavy (non-hydrogen) atoms. The number of hydrogen-bond acceptors (Lipinski definition) is 7. The summed E-state index contributed by atoms with van der Waals surface area (Å²) in [5.41, 5.74) is 1.31. The van der Waals surface area contributed by atoms with Crippen molar-refractivity contribution < 1.29 is 23.9 Å². The second kappa shape index (κ2) is 7.45. The van der Waals surface area contributed by atoms with Crippen LogP contribution < -0.4 is 14.8 Å². The maximum Gasteiger partial charge on any atom is 0.293 e. The van der Waals surface area contributed by atoms with Gasteiger partial charge in [-0.1, -0.05) is 6.07 Å². The van der Waals surface area contributed by atoms with E-state index in [1.807, 2.05) is 5.38 Å². The summed E-state index contributed by atoms with van der Waals surface area (Å²) < 4.78 is 10.6. The molecule has 0 atom stereocenters. The molecule has 4 rings (SSSR count). The van der Waals surface area contributed by atoms with E-state index >= 15 is 0 Å². The number of imide groups is 1. The first-order valence-corrected chi connectivity index (χ1v) is 9.83. The molecule has 7 nitrogen and oxygen atoms in total. The lowest BCUT2D eigenvalue weighted by atomic mass is 10.2. The van der Waals surface area contributed by atoms with E-state index in [9.17, 15) is 14.4 Å². The second-order valence-electron chi connectivity index (χ2n) is 5.71. The molecule has 1 aromatic heterocycles. The van der Waals surface area contributed by atoms with Crippen LogP contribution in [0.1, 0.15) is 15.9 Å². The SMILES string of the molecule is O=C(NCCN1C(=O)S/C(=C\c2ccc3c(c2)OCO3)C1=O)c1ccsc1. The molecular weight excluding hydrogens is 388 g/mol. The number of fused-ring (bicyclic) bond motifs is 1. The van der Waals surface area contributed by atoms with E-state index in [2.05, 4.69) is 5.32 Å². The van der Waals surface area contributed by atoms with Crippen molar-refractivity contribution in [3.8, 4) is 11.5 Å². The molecule has 0 bridgehead atoms. The van der Waals surface area contributed by atoms with Crippen molar-refractivity contribution in [1.82, 2.24) is 10.2 Å². The number of nitrogens with one attached hydrogen (secondary N) is 1. The number of benzene rings is 1. The van der Waals surface area contributed by atoms with Gasteiger partial charge in [0.2, 0.25) is 6.79 Å². The monoisotopic (exact) mass is 402 g/mol. The molecule has 0 saturated carbocycles. The fourth-order valence-corrected chi connectivity index (χ4v) is 4.13. The van der Waals surface area contributed by atoms with Crippen LogP contribution in [0.2, 0.25) is 0 Å². The number of rotatable bonds is 5. The van der Waals surface area contributed by atoms with Crippen LogP contribution in [-0.4, -0.2) is 41.8 Å². The molecule has 1 saturated heterocycles. The minimum absolute atomic E-state index is 0.124. The van der Waals surface area contributed by atoms with Crippen molar-refractivity contribution in [3.05, 3.63) is 51.1 Å². The first kappa shape index (κ1) is 17.6.